The number of ether oxygens (including phenoxy) is 1. The van der Waals surface area contributed by atoms with Gasteiger partial charge in [0, 0.05) is 12.7 Å². The van der Waals surface area contributed by atoms with Crippen molar-refractivity contribution < 1.29 is 4.74 Å². The van der Waals surface area contributed by atoms with Crippen LogP contribution in [0.4, 0.5) is 5.69 Å². The van der Waals surface area contributed by atoms with Gasteiger partial charge in [0.25, 0.3) is 0 Å². The number of benzene rings is 1. The Morgan fingerprint density at radius 1 is 1.45 bits per heavy atom. The zero-order chi connectivity index (χ0) is 14.5. The zero-order valence-corrected chi connectivity index (χ0v) is 12.3. The molecule has 1 unspecified atom stereocenters. The van der Waals surface area contributed by atoms with Crippen molar-refractivity contribution in [2.75, 3.05) is 19.5 Å². The molecule has 20 heavy (non-hydrogen) atoms. The summed E-state index contributed by atoms with van der Waals surface area (Å²) < 4.78 is 7.04. The first-order valence-corrected chi connectivity index (χ1v) is 6.87. The molecule has 0 amide bonds. The number of aromatic nitrogens is 4. The summed E-state index contributed by atoms with van der Waals surface area (Å²) in [5.41, 5.74) is 7.10. The summed E-state index contributed by atoms with van der Waals surface area (Å²) in [7, 11) is 1.67. The van der Waals surface area contributed by atoms with Crippen molar-refractivity contribution in [3.05, 3.63) is 23.2 Å². The average Bonchev–Trinajstić information content (AvgIpc) is 2.91. The van der Waals surface area contributed by atoms with E-state index >= 15 is 0 Å². The highest BCUT2D eigenvalue weighted by Crippen LogP contribution is 2.27. The van der Waals surface area contributed by atoms with Crippen molar-refractivity contribution in [3.8, 4) is 11.4 Å². The van der Waals surface area contributed by atoms with E-state index in [1.54, 1.807) is 23.9 Å². The minimum Gasteiger partial charge on any atom is -0.398 e. The fourth-order valence-corrected chi connectivity index (χ4v) is 2.28. The number of hydrogen-bond donors (Lipinski definition) is 1. The number of hydrogen-bond acceptors (Lipinski definition) is 5. The Balaban J connectivity index is 2.37. The van der Waals surface area contributed by atoms with Gasteiger partial charge in [0.15, 0.2) is 5.82 Å². The van der Waals surface area contributed by atoms with Gasteiger partial charge in [-0.05, 0) is 35.0 Å². The smallest absolute Gasteiger partial charge is 0.182 e. The molecule has 2 rings (SSSR count). The fourth-order valence-electron chi connectivity index (χ4n) is 2.10. The molecule has 0 aliphatic carbocycles. The quantitative estimate of drug-likeness (QED) is 0.829. The van der Waals surface area contributed by atoms with Crippen molar-refractivity contribution in [3.63, 3.8) is 0 Å². The van der Waals surface area contributed by atoms with Gasteiger partial charge in [0.2, 0.25) is 0 Å². The van der Waals surface area contributed by atoms with Crippen LogP contribution in [0.2, 0.25) is 5.02 Å². The Kier molecular flexibility index (Phi) is 4.92. The van der Waals surface area contributed by atoms with Crippen molar-refractivity contribution in [2.45, 2.75) is 25.8 Å². The highest BCUT2D eigenvalue weighted by atomic mass is 35.5. The maximum Gasteiger partial charge on any atom is 0.182 e. The SMILES string of the molecule is CCCC(COC)n1nnnc1-c1ccc(N)c(Cl)c1. The highest BCUT2D eigenvalue weighted by Gasteiger charge is 2.18. The molecule has 0 saturated carbocycles. The summed E-state index contributed by atoms with van der Waals surface area (Å²) in [4.78, 5) is 0. The molecule has 108 valence electrons. The maximum atomic E-state index is 6.06. The summed E-state index contributed by atoms with van der Waals surface area (Å²) in [5, 5.41) is 12.4. The van der Waals surface area contributed by atoms with Crippen LogP contribution in [0.5, 0.6) is 0 Å². The van der Waals surface area contributed by atoms with E-state index in [1.807, 2.05) is 6.07 Å². The Bertz CT molecular complexity index is 566. The summed E-state index contributed by atoms with van der Waals surface area (Å²) in [6, 6.07) is 5.49. The second kappa shape index (κ2) is 6.67. The molecule has 1 atom stereocenters. The van der Waals surface area contributed by atoms with Crippen molar-refractivity contribution in [1.29, 1.82) is 0 Å². The Morgan fingerprint density at radius 2 is 2.25 bits per heavy atom. The number of tetrazole rings is 1. The zero-order valence-electron chi connectivity index (χ0n) is 11.6. The van der Waals surface area contributed by atoms with Crippen LogP contribution in [0, 0.1) is 0 Å². The number of nitrogens with two attached hydrogens (primary N) is 1. The van der Waals surface area contributed by atoms with Gasteiger partial charge in [-0.25, -0.2) is 4.68 Å². The van der Waals surface area contributed by atoms with E-state index in [0.29, 0.717) is 23.1 Å². The van der Waals surface area contributed by atoms with Crippen molar-refractivity contribution in [2.24, 2.45) is 0 Å². The molecule has 0 saturated heterocycles. The molecular weight excluding hydrogens is 278 g/mol. The first kappa shape index (κ1) is 14.7. The standard InChI is InChI=1S/C13H18ClN5O/c1-3-4-10(8-20-2)19-13(16-17-18-19)9-5-6-12(15)11(14)7-9/h5-7,10H,3-4,8,15H2,1-2H3. The third-order valence-electron chi connectivity index (χ3n) is 3.08. The van der Waals surface area contributed by atoms with Crippen molar-refractivity contribution in [1.82, 2.24) is 20.2 Å². The molecule has 0 bridgehead atoms. The van der Waals surface area contributed by atoms with E-state index in [1.165, 1.54) is 0 Å². The van der Waals surface area contributed by atoms with E-state index in [2.05, 4.69) is 22.4 Å². The largest absolute Gasteiger partial charge is 0.398 e. The van der Waals surface area contributed by atoms with Crippen LogP contribution in [0.1, 0.15) is 25.8 Å². The van der Waals surface area contributed by atoms with Crippen molar-refractivity contribution >= 4 is 17.3 Å². The molecule has 1 heterocycles. The first-order chi connectivity index (χ1) is 9.67. The number of rotatable bonds is 6. The molecule has 2 aromatic rings. The van der Waals surface area contributed by atoms with Crippen LogP contribution in [-0.4, -0.2) is 33.9 Å². The highest BCUT2D eigenvalue weighted by molar-refractivity contribution is 6.33. The molecule has 0 radical (unpaired) electrons. The molecule has 1 aromatic heterocycles. The molecule has 7 heteroatoms. The third-order valence-corrected chi connectivity index (χ3v) is 3.41. The maximum absolute atomic E-state index is 6.06. The van der Waals surface area contributed by atoms with Crippen LogP contribution in [0.15, 0.2) is 18.2 Å². The van der Waals surface area contributed by atoms with Gasteiger partial charge >= 0.3 is 0 Å². The molecule has 0 spiro atoms. The lowest BCUT2D eigenvalue weighted by Crippen LogP contribution is -2.17. The molecule has 0 aliphatic heterocycles. The lowest BCUT2D eigenvalue weighted by Gasteiger charge is -2.16. The van der Waals surface area contributed by atoms with E-state index < -0.39 is 0 Å². The number of halogens is 1. The Morgan fingerprint density at radius 3 is 2.90 bits per heavy atom. The number of nitrogens with zero attached hydrogens (tertiary/aromatic N) is 4. The van der Waals surface area contributed by atoms with Gasteiger partial charge in [-0.1, -0.05) is 24.9 Å². The number of methoxy groups -OCH3 is 1. The number of anilines is 1. The van der Waals surface area contributed by atoms with E-state index in [4.69, 9.17) is 22.1 Å². The van der Waals surface area contributed by atoms with E-state index in [-0.39, 0.29) is 6.04 Å². The summed E-state index contributed by atoms with van der Waals surface area (Å²) in [5.74, 6) is 0.669. The Labute approximate surface area is 122 Å². The molecule has 2 N–H and O–H groups in total. The first-order valence-electron chi connectivity index (χ1n) is 6.49. The molecule has 1 aromatic carbocycles. The van der Waals surface area contributed by atoms with E-state index in [0.717, 1.165) is 18.4 Å². The Hall–Kier alpha value is -1.66. The van der Waals surface area contributed by atoms with Crippen LogP contribution in [0.3, 0.4) is 0 Å². The predicted octanol–water partition coefficient (Wildman–Crippen LogP) is 2.56. The lowest BCUT2D eigenvalue weighted by molar-refractivity contribution is 0.144. The minimum atomic E-state index is 0.103. The number of nitrogen functional groups attached to an aromatic ring is 1. The topological polar surface area (TPSA) is 78.8 Å². The molecule has 0 aliphatic rings. The van der Waals surface area contributed by atoms with E-state index in [9.17, 15) is 0 Å². The average molecular weight is 296 g/mol. The third kappa shape index (κ3) is 3.08. The molecular formula is C13H18ClN5O. The van der Waals surface area contributed by atoms with Crippen LogP contribution in [-0.2, 0) is 4.74 Å². The summed E-state index contributed by atoms with van der Waals surface area (Å²) in [6.07, 6.45) is 1.96. The van der Waals surface area contributed by atoms with Gasteiger partial charge in [0.1, 0.15) is 0 Å². The van der Waals surface area contributed by atoms with Gasteiger partial charge < -0.3 is 10.5 Å². The van der Waals surface area contributed by atoms with Crippen LogP contribution >= 0.6 is 11.6 Å². The van der Waals surface area contributed by atoms with Gasteiger partial charge in [-0.15, -0.1) is 5.10 Å². The summed E-state index contributed by atoms with van der Waals surface area (Å²) >= 11 is 6.06. The molecule has 6 nitrogen and oxygen atoms in total. The monoisotopic (exact) mass is 295 g/mol. The van der Waals surface area contributed by atoms with Crippen LogP contribution in [0.25, 0.3) is 11.4 Å². The second-order valence-corrected chi connectivity index (χ2v) is 4.99. The molecule has 0 fully saturated rings. The summed E-state index contributed by atoms with van der Waals surface area (Å²) in [6.45, 7) is 2.68. The normalized spacial score (nSPS) is 12.6. The van der Waals surface area contributed by atoms with Gasteiger partial charge in [0.05, 0.1) is 23.4 Å². The van der Waals surface area contributed by atoms with Gasteiger partial charge in [-0.3, -0.25) is 0 Å². The second-order valence-electron chi connectivity index (χ2n) is 4.58. The van der Waals surface area contributed by atoms with Crippen LogP contribution < -0.4 is 5.73 Å². The minimum absolute atomic E-state index is 0.103. The van der Waals surface area contributed by atoms with Gasteiger partial charge in [-0.2, -0.15) is 0 Å². The fraction of sp³-hybridized carbons (Fsp3) is 0.462. The predicted molar refractivity (Wildman–Crippen MR) is 78.5 cm³/mol. The lowest BCUT2D eigenvalue weighted by atomic mass is 10.1.